The number of carbonyl (C=O) groups is 2. The first-order chi connectivity index (χ1) is 12.8. The van der Waals surface area contributed by atoms with Crippen LogP contribution in [0, 0.1) is 0 Å². The molecule has 0 aliphatic carbocycles. The van der Waals surface area contributed by atoms with E-state index in [1.807, 2.05) is 47.4 Å². The number of benzene rings is 2. The molecule has 2 aromatic carbocycles. The number of rotatable bonds is 4. The van der Waals surface area contributed by atoms with Crippen molar-refractivity contribution in [2.24, 2.45) is 0 Å². The molecular formula is C23H28N2O2. The minimum Gasteiger partial charge on any atom is -0.352 e. The molecule has 1 aliphatic rings. The van der Waals surface area contributed by atoms with E-state index in [-0.39, 0.29) is 23.3 Å². The Kier molecular flexibility index (Phi) is 5.36. The van der Waals surface area contributed by atoms with Crippen LogP contribution < -0.4 is 10.2 Å². The van der Waals surface area contributed by atoms with Crippen LogP contribution in [-0.4, -0.2) is 24.4 Å². The molecule has 27 heavy (non-hydrogen) atoms. The summed E-state index contributed by atoms with van der Waals surface area (Å²) in [4.78, 5) is 26.9. The molecule has 0 saturated heterocycles. The van der Waals surface area contributed by atoms with E-state index >= 15 is 0 Å². The lowest BCUT2D eigenvalue weighted by molar-refractivity contribution is -0.118. The van der Waals surface area contributed by atoms with Crippen LogP contribution in [0.15, 0.2) is 48.5 Å². The van der Waals surface area contributed by atoms with Crippen molar-refractivity contribution < 1.29 is 9.59 Å². The number of amides is 2. The Bertz CT molecular complexity index is 834. The predicted molar refractivity (Wildman–Crippen MR) is 109 cm³/mol. The Morgan fingerprint density at radius 3 is 2.41 bits per heavy atom. The zero-order valence-corrected chi connectivity index (χ0v) is 16.6. The highest BCUT2D eigenvalue weighted by Crippen LogP contribution is 2.32. The van der Waals surface area contributed by atoms with Gasteiger partial charge in [-0.15, -0.1) is 0 Å². The second kappa shape index (κ2) is 7.55. The van der Waals surface area contributed by atoms with Crippen molar-refractivity contribution in [3.8, 4) is 0 Å². The topological polar surface area (TPSA) is 49.4 Å². The van der Waals surface area contributed by atoms with Gasteiger partial charge in [0.1, 0.15) is 0 Å². The van der Waals surface area contributed by atoms with E-state index in [4.69, 9.17) is 0 Å². The highest BCUT2D eigenvalue weighted by molar-refractivity contribution is 5.97. The molecule has 1 atom stereocenters. The van der Waals surface area contributed by atoms with Gasteiger partial charge < -0.3 is 10.2 Å². The predicted octanol–water partition coefficient (Wildman–Crippen LogP) is 4.08. The monoisotopic (exact) mass is 364 g/mol. The van der Waals surface area contributed by atoms with Crippen LogP contribution in [0.5, 0.6) is 0 Å². The summed E-state index contributed by atoms with van der Waals surface area (Å²) >= 11 is 0. The summed E-state index contributed by atoms with van der Waals surface area (Å²) in [5, 5.41) is 2.86. The minimum absolute atomic E-state index is 0.0517. The second-order valence-electron chi connectivity index (χ2n) is 8.28. The molecule has 0 fully saturated rings. The summed E-state index contributed by atoms with van der Waals surface area (Å²) in [6.45, 7) is 8.83. The number of fused-ring (bicyclic) bond motifs is 1. The SMILES string of the molecule is CC1Cc2ccccc2N1C(=O)CCNC(=O)c1ccc(C(C)(C)C)cc1. The van der Waals surface area contributed by atoms with E-state index < -0.39 is 0 Å². The maximum atomic E-state index is 12.7. The van der Waals surface area contributed by atoms with Gasteiger partial charge in [0.05, 0.1) is 0 Å². The molecule has 4 heteroatoms. The van der Waals surface area contributed by atoms with Crippen molar-refractivity contribution in [1.82, 2.24) is 5.32 Å². The van der Waals surface area contributed by atoms with Gasteiger partial charge in [0.15, 0.2) is 0 Å². The quantitative estimate of drug-likeness (QED) is 0.889. The fraction of sp³-hybridized carbons (Fsp3) is 0.391. The average molecular weight is 364 g/mol. The standard InChI is InChI=1S/C23H28N2O2/c1-16-15-18-7-5-6-8-20(18)25(16)21(26)13-14-24-22(27)17-9-11-19(12-10-17)23(2,3)4/h5-12,16H,13-15H2,1-4H3,(H,24,27). The first kappa shape index (κ1) is 19.2. The summed E-state index contributed by atoms with van der Waals surface area (Å²) in [6.07, 6.45) is 1.18. The number of para-hydroxylation sites is 1. The van der Waals surface area contributed by atoms with Gasteiger partial charge in [-0.3, -0.25) is 9.59 Å². The molecule has 142 valence electrons. The Hall–Kier alpha value is -2.62. The molecule has 4 nitrogen and oxygen atoms in total. The minimum atomic E-state index is -0.141. The van der Waals surface area contributed by atoms with Crippen LogP contribution >= 0.6 is 0 Å². The van der Waals surface area contributed by atoms with Crippen molar-refractivity contribution >= 4 is 17.5 Å². The Labute approximate surface area is 161 Å². The molecule has 2 amide bonds. The van der Waals surface area contributed by atoms with E-state index in [1.165, 1.54) is 11.1 Å². The van der Waals surface area contributed by atoms with Crippen molar-refractivity contribution in [2.75, 3.05) is 11.4 Å². The van der Waals surface area contributed by atoms with Gasteiger partial charge in [0, 0.05) is 30.3 Å². The number of carbonyl (C=O) groups excluding carboxylic acids is 2. The molecule has 1 aliphatic heterocycles. The Balaban J connectivity index is 1.55. The maximum Gasteiger partial charge on any atom is 0.251 e. The largest absolute Gasteiger partial charge is 0.352 e. The zero-order chi connectivity index (χ0) is 19.6. The summed E-state index contributed by atoms with van der Waals surface area (Å²) < 4.78 is 0. The molecule has 1 heterocycles. The molecule has 0 radical (unpaired) electrons. The zero-order valence-electron chi connectivity index (χ0n) is 16.6. The Morgan fingerprint density at radius 1 is 1.07 bits per heavy atom. The lowest BCUT2D eigenvalue weighted by Crippen LogP contribution is -2.38. The van der Waals surface area contributed by atoms with E-state index in [0.717, 1.165) is 12.1 Å². The number of anilines is 1. The van der Waals surface area contributed by atoms with Gasteiger partial charge in [-0.2, -0.15) is 0 Å². The number of hydrogen-bond donors (Lipinski definition) is 1. The van der Waals surface area contributed by atoms with E-state index in [2.05, 4.69) is 39.1 Å². The number of hydrogen-bond acceptors (Lipinski definition) is 2. The van der Waals surface area contributed by atoms with Crippen LogP contribution in [0.2, 0.25) is 0 Å². The van der Waals surface area contributed by atoms with E-state index in [0.29, 0.717) is 18.5 Å². The first-order valence-electron chi connectivity index (χ1n) is 9.56. The molecule has 0 aromatic heterocycles. The highest BCUT2D eigenvalue weighted by atomic mass is 16.2. The molecule has 0 saturated carbocycles. The summed E-state index contributed by atoms with van der Waals surface area (Å²) in [7, 11) is 0. The van der Waals surface area contributed by atoms with Crippen molar-refractivity contribution in [3.63, 3.8) is 0 Å². The molecular weight excluding hydrogens is 336 g/mol. The first-order valence-corrected chi connectivity index (χ1v) is 9.56. The van der Waals surface area contributed by atoms with Crippen LogP contribution in [0.3, 0.4) is 0 Å². The van der Waals surface area contributed by atoms with Gasteiger partial charge >= 0.3 is 0 Å². The van der Waals surface area contributed by atoms with Gasteiger partial charge in [-0.1, -0.05) is 51.1 Å². The Morgan fingerprint density at radius 2 is 1.74 bits per heavy atom. The van der Waals surface area contributed by atoms with Crippen LogP contribution in [-0.2, 0) is 16.6 Å². The third kappa shape index (κ3) is 4.21. The van der Waals surface area contributed by atoms with Crippen LogP contribution in [0.25, 0.3) is 0 Å². The summed E-state index contributed by atoms with van der Waals surface area (Å²) in [5.74, 6) is -0.0889. The van der Waals surface area contributed by atoms with Crippen molar-refractivity contribution in [1.29, 1.82) is 0 Å². The van der Waals surface area contributed by atoms with E-state index in [1.54, 1.807) is 0 Å². The number of nitrogens with zero attached hydrogens (tertiary/aromatic N) is 1. The molecule has 1 unspecified atom stereocenters. The number of nitrogens with one attached hydrogen (secondary N) is 1. The van der Waals surface area contributed by atoms with Crippen LogP contribution in [0.1, 0.15) is 55.6 Å². The molecule has 3 rings (SSSR count). The lowest BCUT2D eigenvalue weighted by atomic mass is 9.87. The van der Waals surface area contributed by atoms with Crippen LogP contribution in [0.4, 0.5) is 5.69 Å². The smallest absolute Gasteiger partial charge is 0.251 e. The highest BCUT2D eigenvalue weighted by Gasteiger charge is 2.30. The van der Waals surface area contributed by atoms with Crippen molar-refractivity contribution in [3.05, 3.63) is 65.2 Å². The molecule has 0 spiro atoms. The third-order valence-electron chi connectivity index (χ3n) is 5.11. The summed E-state index contributed by atoms with van der Waals surface area (Å²) in [5.41, 5.74) is 4.08. The second-order valence-corrected chi connectivity index (χ2v) is 8.28. The molecule has 1 N–H and O–H groups in total. The summed E-state index contributed by atoms with van der Waals surface area (Å²) in [6, 6.07) is 15.9. The van der Waals surface area contributed by atoms with E-state index in [9.17, 15) is 9.59 Å². The molecule has 0 bridgehead atoms. The normalized spacial score (nSPS) is 16.1. The molecule has 2 aromatic rings. The average Bonchev–Trinajstić information content (AvgIpc) is 2.96. The van der Waals surface area contributed by atoms with Gasteiger partial charge in [-0.05, 0) is 48.1 Å². The van der Waals surface area contributed by atoms with Gasteiger partial charge in [0.2, 0.25) is 5.91 Å². The third-order valence-corrected chi connectivity index (χ3v) is 5.11. The maximum absolute atomic E-state index is 12.7. The lowest BCUT2D eigenvalue weighted by Gasteiger charge is -2.23. The van der Waals surface area contributed by atoms with Gasteiger partial charge in [0.25, 0.3) is 5.91 Å². The van der Waals surface area contributed by atoms with Gasteiger partial charge in [-0.25, -0.2) is 0 Å². The van der Waals surface area contributed by atoms with Crippen molar-refractivity contribution in [2.45, 2.75) is 52.0 Å². The fourth-order valence-corrected chi connectivity index (χ4v) is 3.57. The fourth-order valence-electron chi connectivity index (χ4n) is 3.57.